The molecule has 2 amide bonds. The summed E-state index contributed by atoms with van der Waals surface area (Å²) in [7, 11) is 1.61. The Balaban J connectivity index is 1.70. The third-order valence-corrected chi connectivity index (χ3v) is 4.62. The molecule has 1 heterocycles. The fourth-order valence-electron chi connectivity index (χ4n) is 2.28. The first kappa shape index (κ1) is 16.9. The van der Waals surface area contributed by atoms with Crippen molar-refractivity contribution < 1.29 is 9.53 Å². The van der Waals surface area contributed by atoms with Gasteiger partial charge >= 0.3 is 6.03 Å². The molecule has 3 aromatic rings. The molecule has 0 spiro atoms. The van der Waals surface area contributed by atoms with Crippen LogP contribution >= 0.6 is 11.3 Å². The van der Waals surface area contributed by atoms with Crippen molar-refractivity contribution in [3.05, 3.63) is 53.6 Å². The number of nitrogens with zero attached hydrogens (tertiary/aromatic N) is 2. The molecular weight excluding hydrogens is 336 g/mol. The number of rotatable bonds is 4. The van der Waals surface area contributed by atoms with Crippen LogP contribution in [0.4, 0.5) is 15.6 Å². The molecule has 3 rings (SSSR count). The van der Waals surface area contributed by atoms with Crippen molar-refractivity contribution in [3.8, 4) is 16.3 Å². The van der Waals surface area contributed by atoms with Gasteiger partial charge in [0.1, 0.15) is 5.75 Å². The minimum absolute atomic E-state index is 0.356. The highest BCUT2D eigenvalue weighted by Gasteiger charge is 2.13. The molecule has 0 atom stereocenters. The zero-order chi connectivity index (χ0) is 17.8. The monoisotopic (exact) mass is 354 g/mol. The van der Waals surface area contributed by atoms with Gasteiger partial charge in [0.15, 0.2) is 5.01 Å². The molecule has 2 aromatic carbocycles. The first-order valence-electron chi connectivity index (χ1n) is 7.69. The van der Waals surface area contributed by atoms with Crippen molar-refractivity contribution in [3.63, 3.8) is 0 Å². The Hall–Kier alpha value is -2.93. The molecule has 0 bridgehead atoms. The minimum Gasteiger partial charge on any atom is -0.496 e. The van der Waals surface area contributed by atoms with Crippen molar-refractivity contribution in [2.75, 3.05) is 17.7 Å². The summed E-state index contributed by atoms with van der Waals surface area (Å²) in [6.45, 7) is 4.03. The van der Waals surface area contributed by atoms with Crippen molar-refractivity contribution in [2.24, 2.45) is 0 Å². The lowest BCUT2D eigenvalue weighted by Crippen LogP contribution is -2.19. The van der Waals surface area contributed by atoms with Crippen LogP contribution in [-0.4, -0.2) is 23.3 Å². The minimum atomic E-state index is -0.356. The maximum Gasteiger partial charge on any atom is 0.325 e. The lowest BCUT2D eigenvalue weighted by Gasteiger charge is -2.07. The predicted octanol–water partition coefficient (Wildman–Crippen LogP) is 4.47. The molecule has 2 N–H and O–H groups in total. The van der Waals surface area contributed by atoms with Gasteiger partial charge in [-0.15, -0.1) is 10.2 Å². The van der Waals surface area contributed by atoms with Crippen LogP contribution in [0.25, 0.3) is 10.6 Å². The van der Waals surface area contributed by atoms with Crippen LogP contribution in [0.5, 0.6) is 5.75 Å². The summed E-state index contributed by atoms with van der Waals surface area (Å²) < 4.78 is 5.33. The molecule has 0 saturated carbocycles. The Morgan fingerprint density at radius 3 is 2.60 bits per heavy atom. The number of urea groups is 1. The molecule has 7 heteroatoms. The van der Waals surface area contributed by atoms with E-state index in [1.54, 1.807) is 7.11 Å². The number of hydrogen-bond donors (Lipinski definition) is 2. The van der Waals surface area contributed by atoms with Gasteiger partial charge < -0.3 is 10.1 Å². The maximum atomic E-state index is 12.1. The van der Waals surface area contributed by atoms with E-state index in [0.29, 0.717) is 15.9 Å². The lowest BCUT2D eigenvalue weighted by atomic mass is 10.1. The summed E-state index contributed by atoms with van der Waals surface area (Å²) in [5.41, 5.74) is 3.86. The number of aromatic nitrogens is 2. The van der Waals surface area contributed by atoms with E-state index in [0.717, 1.165) is 16.8 Å². The standard InChI is InChI=1S/C18H18N4O2S/c1-11-8-9-13(10-12(11)2)19-17(23)20-18-22-21-16(25-18)14-6-4-5-7-15(14)24-3/h4-10H,1-3H3,(H2,19,20,22,23). The highest BCUT2D eigenvalue weighted by molar-refractivity contribution is 7.18. The number of amides is 2. The van der Waals surface area contributed by atoms with Gasteiger partial charge in [0.2, 0.25) is 5.13 Å². The fourth-order valence-corrected chi connectivity index (χ4v) is 3.05. The summed E-state index contributed by atoms with van der Waals surface area (Å²) in [5.74, 6) is 0.713. The first-order valence-corrected chi connectivity index (χ1v) is 8.50. The number of nitrogens with one attached hydrogen (secondary N) is 2. The predicted molar refractivity (Wildman–Crippen MR) is 100 cm³/mol. The molecule has 1 aromatic heterocycles. The molecule has 0 unspecified atom stereocenters. The van der Waals surface area contributed by atoms with E-state index in [2.05, 4.69) is 20.8 Å². The third kappa shape index (κ3) is 3.95. The summed E-state index contributed by atoms with van der Waals surface area (Å²) in [6.07, 6.45) is 0. The number of carbonyl (C=O) groups is 1. The second kappa shape index (κ2) is 7.31. The van der Waals surface area contributed by atoms with Crippen molar-refractivity contribution >= 4 is 28.2 Å². The summed E-state index contributed by atoms with van der Waals surface area (Å²) in [6, 6.07) is 13.0. The van der Waals surface area contributed by atoms with Gasteiger partial charge in [-0.1, -0.05) is 29.5 Å². The summed E-state index contributed by atoms with van der Waals surface area (Å²) in [4.78, 5) is 12.1. The molecular formula is C18H18N4O2S. The van der Waals surface area contributed by atoms with Crippen molar-refractivity contribution in [1.82, 2.24) is 10.2 Å². The number of ether oxygens (including phenoxy) is 1. The molecule has 0 saturated heterocycles. The zero-order valence-electron chi connectivity index (χ0n) is 14.2. The number of anilines is 2. The smallest absolute Gasteiger partial charge is 0.325 e. The summed E-state index contributed by atoms with van der Waals surface area (Å²) in [5, 5.41) is 14.7. The van der Waals surface area contributed by atoms with Crippen LogP contribution in [0.15, 0.2) is 42.5 Å². The van der Waals surface area contributed by atoms with Gasteiger partial charge in [-0.25, -0.2) is 4.79 Å². The SMILES string of the molecule is COc1ccccc1-c1nnc(NC(=O)Nc2ccc(C)c(C)c2)s1. The quantitative estimate of drug-likeness (QED) is 0.724. The largest absolute Gasteiger partial charge is 0.496 e. The van der Waals surface area contributed by atoms with Crippen LogP contribution < -0.4 is 15.4 Å². The number of aryl methyl sites for hydroxylation is 2. The van der Waals surface area contributed by atoms with Gasteiger partial charge in [-0.05, 0) is 49.2 Å². The number of methoxy groups -OCH3 is 1. The van der Waals surface area contributed by atoms with Crippen molar-refractivity contribution in [1.29, 1.82) is 0 Å². The average Bonchev–Trinajstić information content (AvgIpc) is 3.06. The van der Waals surface area contributed by atoms with Crippen molar-refractivity contribution in [2.45, 2.75) is 13.8 Å². The highest BCUT2D eigenvalue weighted by atomic mass is 32.1. The van der Waals surface area contributed by atoms with E-state index in [1.165, 1.54) is 16.9 Å². The molecule has 0 aliphatic heterocycles. The Bertz CT molecular complexity index is 908. The molecule has 0 aliphatic carbocycles. The van der Waals surface area contributed by atoms with Crippen LogP contribution in [0, 0.1) is 13.8 Å². The molecule has 6 nitrogen and oxygen atoms in total. The van der Waals surface area contributed by atoms with E-state index in [9.17, 15) is 4.79 Å². The Morgan fingerprint density at radius 2 is 1.84 bits per heavy atom. The van der Waals surface area contributed by atoms with Gasteiger partial charge in [0, 0.05) is 5.69 Å². The van der Waals surface area contributed by atoms with Crippen LogP contribution in [0.2, 0.25) is 0 Å². The second-order valence-electron chi connectivity index (χ2n) is 5.49. The highest BCUT2D eigenvalue weighted by Crippen LogP contribution is 2.33. The Labute approximate surface area is 149 Å². The number of benzene rings is 2. The Kier molecular flexibility index (Phi) is 4.95. The normalized spacial score (nSPS) is 10.4. The lowest BCUT2D eigenvalue weighted by molar-refractivity contribution is 0.262. The number of carbonyl (C=O) groups excluding carboxylic acids is 1. The third-order valence-electron chi connectivity index (χ3n) is 3.75. The molecule has 25 heavy (non-hydrogen) atoms. The van der Waals surface area contributed by atoms with Crippen LogP contribution in [0.3, 0.4) is 0 Å². The number of hydrogen-bond acceptors (Lipinski definition) is 5. The molecule has 0 fully saturated rings. The van der Waals surface area contributed by atoms with E-state index in [4.69, 9.17) is 4.74 Å². The fraction of sp³-hybridized carbons (Fsp3) is 0.167. The maximum absolute atomic E-state index is 12.1. The topological polar surface area (TPSA) is 76.1 Å². The average molecular weight is 354 g/mol. The molecule has 0 aliphatic rings. The van der Waals surface area contributed by atoms with Crippen LogP contribution in [0.1, 0.15) is 11.1 Å². The van der Waals surface area contributed by atoms with E-state index in [-0.39, 0.29) is 6.03 Å². The van der Waals surface area contributed by atoms with Gasteiger partial charge in [-0.2, -0.15) is 0 Å². The van der Waals surface area contributed by atoms with E-state index >= 15 is 0 Å². The van der Waals surface area contributed by atoms with Gasteiger partial charge in [0.25, 0.3) is 0 Å². The second-order valence-corrected chi connectivity index (χ2v) is 6.47. The van der Waals surface area contributed by atoms with Crippen LogP contribution in [-0.2, 0) is 0 Å². The zero-order valence-corrected chi connectivity index (χ0v) is 15.0. The van der Waals surface area contributed by atoms with Gasteiger partial charge in [0.05, 0.1) is 12.7 Å². The van der Waals surface area contributed by atoms with E-state index < -0.39 is 0 Å². The molecule has 128 valence electrons. The van der Waals surface area contributed by atoms with Gasteiger partial charge in [-0.3, -0.25) is 5.32 Å². The number of para-hydroxylation sites is 1. The molecule has 0 radical (unpaired) electrons. The van der Waals surface area contributed by atoms with E-state index in [1.807, 2.05) is 56.3 Å². The Morgan fingerprint density at radius 1 is 1.04 bits per heavy atom. The summed E-state index contributed by atoms with van der Waals surface area (Å²) >= 11 is 1.29. The first-order chi connectivity index (χ1) is 12.1.